The van der Waals surface area contributed by atoms with Gasteiger partial charge in [-0.25, -0.2) is 4.68 Å². The number of carbonyl (C=O) groups is 1. The van der Waals surface area contributed by atoms with E-state index in [1.165, 1.54) is 0 Å². The van der Waals surface area contributed by atoms with E-state index in [2.05, 4.69) is 26.7 Å². The van der Waals surface area contributed by atoms with Crippen LogP contribution >= 0.6 is 0 Å². The van der Waals surface area contributed by atoms with Crippen LogP contribution in [0.2, 0.25) is 0 Å². The normalized spacial score (nSPS) is 17.7. The van der Waals surface area contributed by atoms with Crippen molar-refractivity contribution in [2.45, 2.75) is 25.0 Å². The van der Waals surface area contributed by atoms with Crippen LogP contribution in [0.3, 0.4) is 0 Å². The van der Waals surface area contributed by atoms with Gasteiger partial charge >= 0.3 is 5.97 Å². The topological polar surface area (TPSA) is 105 Å². The van der Waals surface area contributed by atoms with Gasteiger partial charge in [0, 0.05) is 28.6 Å². The number of para-hydroxylation sites is 2. The Hall–Kier alpha value is -4.17. The predicted octanol–water partition coefficient (Wildman–Crippen LogP) is 3.66. The molecular weight excluding hydrogens is 430 g/mol. The summed E-state index contributed by atoms with van der Waals surface area (Å²) in [6.45, 7) is 0.478. The number of ether oxygens (including phenoxy) is 1. The zero-order valence-electron chi connectivity index (χ0n) is 18.5. The van der Waals surface area contributed by atoms with Gasteiger partial charge in [-0.15, -0.1) is 5.10 Å². The van der Waals surface area contributed by atoms with Crippen molar-refractivity contribution < 1.29 is 14.6 Å². The molecule has 1 aliphatic heterocycles. The van der Waals surface area contributed by atoms with Crippen LogP contribution in [-0.2, 0) is 17.8 Å². The van der Waals surface area contributed by atoms with Gasteiger partial charge in [0.15, 0.2) is 0 Å². The third kappa shape index (κ3) is 3.31. The van der Waals surface area contributed by atoms with Gasteiger partial charge in [-0.2, -0.15) is 0 Å². The molecule has 0 aliphatic carbocycles. The summed E-state index contributed by atoms with van der Waals surface area (Å²) in [5, 5.41) is 22.8. The number of aliphatic carboxylic acids is 1. The highest BCUT2D eigenvalue weighted by atomic mass is 16.5. The number of aromatic amines is 1. The first-order valence-electron chi connectivity index (χ1n) is 11.2. The summed E-state index contributed by atoms with van der Waals surface area (Å²) < 4.78 is 7.49. The number of fused-ring (bicyclic) bond motifs is 4. The Morgan fingerprint density at radius 3 is 2.82 bits per heavy atom. The molecule has 6 rings (SSSR count). The van der Waals surface area contributed by atoms with Crippen molar-refractivity contribution in [2.24, 2.45) is 0 Å². The monoisotopic (exact) mass is 453 g/mol. The van der Waals surface area contributed by atoms with Crippen molar-refractivity contribution in [3.63, 3.8) is 0 Å². The molecule has 0 fully saturated rings. The van der Waals surface area contributed by atoms with E-state index in [9.17, 15) is 9.90 Å². The van der Waals surface area contributed by atoms with Crippen molar-refractivity contribution in [1.82, 2.24) is 25.3 Å². The van der Waals surface area contributed by atoms with Gasteiger partial charge in [0.1, 0.15) is 17.3 Å². The largest absolute Gasteiger partial charge is 0.496 e. The number of carboxylic acid groups (broad SMARTS) is 1. The molecule has 2 atom stereocenters. The van der Waals surface area contributed by atoms with E-state index in [4.69, 9.17) is 4.74 Å². The number of carboxylic acids is 1. The van der Waals surface area contributed by atoms with E-state index in [1.807, 2.05) is 65.3 Å². The Kier molecular flexibility index (Phi) is 4.81. The molecule has 2 aromatic heterocycles. The first kappa shape index (κ1) is 20.4. The highest BCUT2D eigenvalue weighted by Crippen LogP contribution is 2.36. The Morgan fingerprint density at radius 1 is 1.15 bits per heavy atom. The number of benzene rings is 3. The van der Waals surface area contributed by atoms with E-state index in [0.29, 0.717) is 13.0 Å². The molecule has 0 spiro atoms. The number of hydrogen-bond donors (Lipinski definition) is 3. The van der Waals surface area contributed by atoms with Crippen LogP contribution in [0.15, 0.2) is 66.7 Å². The van der Waals surface area contributed by atoms with Crippen molar-refractivity contribution in [3.8, 4) is 5.75 Å². The average Bonchev–Trinajstić information content (AvgIpc) is 3.45. The molecule has 0 saturated carbocycles. The summed E-state index contributed by atoms with van der Waals surface area (Å²) in [5.41, 5.74) is 6.72. The van der Waals surface area contributed by atoms with Crippen LogP contribution in [0, 0.1) is 0 Å². The molecular formula is C26H23N5O3. The molecule has 0 radical (unpaired) electrons. The van der Waals surface area contributed by atoms with Crippen LogP contribution < -0.4 is 10.1 Å². The lowest BCUT2D eigenvalue weighted by molar-refractivity contribution is -0.139. The molecule has 170 valence electrons. The molecule has 3 heterocycles. The van der Waals surface area contributed by atoms with Crippen molar-refractivity contribution >= 4 is 27.9 Å². The number of H-pyrrole nitrogens is 1. The lowest BCUT2D eigenvalue weighted by Crippen LogP contribution is -2.45. The van der Waals surface area contributed by atoms with Gasteiger partial charge in [-0.3, -0.25) is 10.1 Å². The fourth-order valence-electron chi connectivity index (χ4n) is 4.95. The minimum absolute atomic E-state index is 0.297. The number of nitrogens with one attached hydrogen (secondary N) is 2. The average molecular weight is 454 g/mol. The van der Waals surface area contributed by atoms with Gasteiger partial charge in [0.05, 0.1) is 25.2 Å². The molecule has 3 aromatic carbocycles. The van der Waals surface area contributed by atoms with Gasteiger partial charge in [0.25, 0.3) is 0 Å². The van der Waals surface area contributed by atoms with Crippen LogP contribution in [0.5, 0.6) is 5.75 Å². The van der Waals surface area contributed by atoms with Crippen molar-refractivity contribution in [3.05, 3.63) is 89.1 Å². The molecule has 0 amide bonds. The van der Waals surface area contributed by atoms with Crippen LogP contribution in [0.1, 0.15) is 28.4 Å². The molecule has 0 saturated heterocycles. The molecule has 0 bridgehead atoms. The lowest BCUT2D eigenvalue weighted by atomic mass is 9.89. The molecule has 0 unspecified atom stereocenters. The smallest absolute Gasteiger partial charge is 0.321 e. The highest BCUT2D eigenvalue weighted by Gasteiger charge is 2.34. The van der Waals surface area contributed by atoms with Gasteiger partial charge in [0.2, 0.25) is 0 Å². The van der Waals surface area contributed by atoms with E-state index < -0.39 is 12.0 Å². The van der Waals surface area contributed by atoms with Gasteiger partial charge in [-0.05, 0) is 41.5 Å². The Morgan fingerprint density at radius 2 is 1.97 bits per heavy atom. The molecule has 3 N–H and O–H groups in total. The maximum atomic E-state index is 12.0. The molecule has 34 heavy (non-hydrogen) atoms. The summed E-state index contributed by atoms with van der Waals surface area (Å²) in [4.78, 5) is 15.5. The summed E-state index contributed by atoms with van der Waals surface area (Å²) in [5.74, 6) is -0.116. The molecule has 1 aliphatic rings. The standard InChI is InChI=1S/C26H23N5O3/c1-34-23-11-10-15(12-16(23)14-31-22-9-5-4-8-20(22)29-30-31)24-25-18(13-21(28-24)26(32)33)17-6-2-3-7-19(17)27-25/h2-12,21,24,27-28H,13-14H2,1H3,(H,32,33)/t21-,24+/m1/s1. The second kappa shape index (κ2) is 8.00. The van der Waals surface area contributed by atoms with E-state index in [1.54, 1.807) is 7.11 Å². The number of hydrogen-bond acceptors (Lipinski definition) is 5. The van der Waals surface area contributed by atoms with E-state index in [-0.39, 0.29) is 6.04 Å². The van der Waals surface area contributed by atoms with Crippen LogP contribution in [0.4, 0.5) is 0 Å². The van der Waals surface area contributed by atoms with Crippen molar-refractivity contribution in [1.29, 1.82) is 0 Å². The zero-order chi connectivity index (χ0) is 23.2. The van der Waals surface area contributed by atoms with Crippen molar-refractivity contribution in [2.75, 3.05) is 7.11 Å². The second-order valence-corrected chi connectivity index (χ2v) is 8.56. The third-order valence-corrected chi connectivity index (χ3v) is 6.59. The van der Waals surface area contributed by atoms with Crippen LogP contribution in [-0.4, -0.2) is 44.2 Å². The number of aromatic nitrogens is 4. The Balaban J connectivity index is 1.45. The zero-order valence-corrected chi connectivity index (χ0v) is 18.5. The minimum atomic E-state index is -0.858. The SMILES string of the molecule is COc1ccc([C@@H]2N[C@@H](C(=O)O)Cc3c2[nH]c2ccccc32)cc1Cn1nnc2ccccc21. The Bertz CT molecular complexity index is 1540. The lowest BCUT2D eigenvalue weighted by Gasteiger charge is -2.30. The maximum absolute atomic E-state index is 12.0. The second-order valence-electron chi connectivity index (χ2n) is 8.56. The number of methoxy groups -OCH3 is 1. The first-order chi connectivity index (χ1) is 16.6. The van der Waals surface area contributed by atoms with E-state index >= 15 is 0 Å². The Labute approximate surface area is 195 Å². The fourth-order valence-corrected chi connectivity index (χ4v) is 4.95. The highest BCUT2D eigenvalue weighted by molar-refractivity contribution is 5.87. The quantitative estimate of drug-likeness (QED) is 0.375. The summed E-state index contributed by atoms with van der Waals surface area (Å²) in [6, 6.07) is 20.9. The summed E-state index contributed by atoms with van der Waals surface area (Å²) in [6.07, 6.45) is 0.430. The number of rotatable bonds is 5. The third-order valence-electron chi connectivity index (χ3n) is 6.59. The first-order valence-corrected chi connectivity index (χ1v) is 11.2. The van der Waals surface area contributed by atoms with Gasteiger partial charge in [-0.1, -0.05) is 41.6 Å². The van der Waals surface area contributed by atoms with Crippen LogP contribution in [0.25, 0.3) is 21.9 Å². The molecule has 8 heteroatoms. The summed E-state index contributed by atoms with van der Waals surface area (Å²) >= 11 is 0. The molecule has 5 aromatic rings. The van der Waals surface area contributed by atoms with Gasteiger partial charge < -0.3 is 14.8 Å². The number of nitrogens with zero attached hydrogens (tertiary/aromatic N) is 3. The van der Waals surface area contributed by atoms with E-state index in [0.717, 1.165) is 50.1 Å². The fraction of sp³-hybridized carbons (Fsp3) is 0.192. The molecule has 8 nitrogen and oxygen atoms in total. The predicted molar refractivity (Wildman–Crippen MR) is 128 cm³/mol. The summed E-state index contributed by atoms with van der Waals surface area (Å²) in [7, 11) is 1.65. The minimum Gasteiger partial charge on any atom is -0.496 e. The maximum Gasteiger partial charge on any atom is 0.321 e.